The van der Waals surface area contributed by atoms with Crippen LogP contribution >= 0.6 is 0 Å². The first-order chi connectivity index (χ1) is 19.8. The van der Waals surface area contributed by atoms with E-state index in [1.165, 1.54) is 4.90 Å². The van der Waals surface area contributed by atoms with E-state index >= 15 is 0 Å². The first-order valence-corrected chi connectivity index (χ1v) is 14.0. The van der Waals surface area contributed by atoms with Crippen molar-refractivity contribution in [1.29, 1.82) is 0 Å². The number of benzene rings is 3. The Kier molecular flexibility index (Phi) is 10.3. The minimum atomic E-state index is -1.10. The Morgan fingerprint density at radius 1 is 0.732 bits per heavy atom. The van der Waals surface area contributed by atoms with Gasteiger partial charge in [-0.2, -0.15) is 0 Å². The molecule has 4 rings (SSSR count). The van der Waals surface area contributed by atoms with Gasteiger partial charge in [-0.15, -0.1) is 0 Å². The smallest absolute Gasteiger partial charge is 0.307 e. The monoisotopic (exact) mass is 556 g/mol. The zero-order chi connectivity index (χ0) is 29.2. The van der Waals surface area contributed by atoms with E-state index in [0.717, 1.165) is 24.0 Å². The molecule has 1 saturated carbocycles. The van der Waals surface area contributed by atoms with Crippen LogP contribution < -0.4 is 5.32 Å². The van der Waals surface area contributed by atoms with E-state index in [4.69, 9.17) is 0 Å². The normalized spacial score (nSPS) is 17.4. The second-order valence-corrected chi connectivity index (χ2v) is 10.5. The summed E-state index contributed by atoms with van der Waals surface area (Å²) in [5.41, 5.74) is 2.49. The third-order valence-electron chi connectivity index (χ3n) is 7.80. The number of rotatable bonds is 12. The van der Waals surface area contributed by atoms with E-state index in [9.17, 15) is 29.4 Å². The number of nitrogens with zero attached hydrogens (tertiary/aromatic N) is 1. The van der Waals surface area contributed by atoms with Gasteiger partial charge >= 0.3 is 11.9 Å². The molecule has 0 unspecified atom stereocenters. The van der Waals surface area contributed by atoms with Crippen LogP contribution in [0.1, 0.15) is 60.8 Å². The standard InChI is InChI=1S/C33H36N2O6/c36-29(37)20-21-35(22-28(23-12-4-1-5-13-23)24-14-6-2-7-15-24)32(39)30(25-16-8-3-9-17-25)34-31(38)26-18-10-11-19-27(26)33(40)41/h1-9,12-17,26-28,30H,10-11,18-22H2,(H,34,38)(H,36,37)(H,40,41)/t26-,27-,30+/m1/s1. The average Bonchev–Trinajstić information content (AvgIpc) is 3.00. The van der Waals surface area contributed by atoms with Gasteiger partial charge in [0.2, 0.25) is 11.8 Å². The average molecular weight is 557 g/mol. The van der Waals surface area contributed by atoms with Crippen LogP contribution in [-0.4, -0.2) is 52.0 Å². The van der Waals surface area contributed by atoms with Crippen LogP contribution in [0.25, 0.3) is 0 Å². The van der Waals surface area contributed by atoms with Gasteiger partial charge in [0.25, 0.3) is 0 Å². The molecule has 0 saturated heterocycles. The maximum absolute atomic E-state index is 14.3. The molecule has 214 valence electrons. The molecule has 0 aliphatic heterocycles. The largest absolute Gasteiger partial charge is 0.481 e. The van der Waals surface area contributed by atoms with Crippen molar-refractivity contribution in [3.8, 4) is 0 Å². The van der Waals surface area contributed by atoms with Crippen molar-refractivity contribution in [2.24, 2.45) is 11.8 Å². The molecule has 41 heavy (non-hydrogen) atoms. The van der Waals surface area contributed by atoms with E-state index < -0.39 is 41.6 Å². The molecular weight excluding hydrogens is 520 g/mol. The van der Waals surface area contributed by atoms with Crippen LogP contribution in [0.15, 0.2) is 91.0 Å². The molecule has 3 aromatic carbocycles. The van der Waals surface area contributed by atoms with Crippen molar-refractivity contribution >= 4 is 23.8 Å². The minimum Gasteiger partial charge on any atom is -0.481 e. The minimum absolute atomic E-state index is 0.0509. The van der Waals surface area contributed by atoms with Crippen LogP contribution in [0.3, 0.4) is 0 Å². The Hall–Kier alpha value is -4.46. The number of carbonyl (C=O) groups excluding carboxylic acids is 2. The van der Waals surface area contributed by atoms with Crippen molar-refractivity contribution in [2.45, 2.75) is 44.1 Å². The fraction of sp³-hybridized carbons (Fsp3) is 0.333. The number of amides is 2. The summed E-state index contributed by atoms with van der Waals surface area (Å²) in [6, 6.07) is 27.1. The third-order valence-corrected chi connectivity index (χ3v) is 7.80. The highest BCUT2D eigenvalue weighted by atomic mass is 16.4. The van der Waals surface area contributed by atoms with Gasteiger partial charge in [0.05, 0.1) is 18.3 Å². The zero-order valence-electron chi connectivity index (χ0n) is 22.9. The molecule has 0 spiro atoms. The lowest BCUT2D eigenvalue weighted by molar-refractivity contribution is -0.149. The molecule has 0 radical (unpaired) electrons. The first-order valence-electron chi connectivity index (χ1n) is 14.0. The summed E-state index contributed by atoms with van der Waals surface area (Å²) in [5, 5.41) is 22.1. The fourth-order valence-corrected chi connectivity index (χ4v) is 5.62. The van der Waals surface area contributed by atoms with Crippen molar-refractivity contribution in [2.75, 3.05) is 13.1 Å². The summed E-state index contributed by atoms with van der Waals surface area (Å²) >= 11 is 0. The van der Waals surface area contributed by atoms with Crippen LogP contribution in [0.2, 0.25) is 0 Å². The zero-order valence-corrected chi connectivity index (χ0v) is 22.9. The van der Waals surface area contributed by atoms with Crippen LogP contribution in [-0.2, 0) is 19.2 Å². The van der Waals surface area contributed by atoms with Gasteiger partial charge in [-0.25, -0.2) is 0 Å². The molecular formula is C33H36N2O6. The molecule has 1 fully saturated rings. The molecule has 0 heterocycles. The predicted octanol–water partition coefficient (Wildman–Crippen LogP) is 4.87. The maximum atomic E-state index is 14.3. The molecule has 0 bridgehead atoms. The number of aliphatic carboxylic acids is 2. The SMILES string of the molecule is O=C(O)CCN(CC(c1ccccc1)c1ccccc1)C(=O)[C@@H](NC(=O)[C@@H]1CCCC[C@H]1C(=O)O)c1ccccc1. The van der Waals surface area contributed by atoms with Gasteiger partial charge in [-0.1, -0.05) is 104 Å². The van der Waals surface area contributed by atoms with Gasteiger partial charge in [0.15, 0.2) is 0 Å². The van der Waals surface area contributed by atoms with E-state index in [2.05, 4.69) is 5.32 Å². The number of nitrogens with one attached hydrogen (secondary N) is 1. The Morgan fingerprint density at radius 2 is 1.22 bits per heavy atom. The highest BCUT2D eigenvalue weighted by Crippen LogP contribution is 2.32. The van der Waals surface area contributed by atoms with E-state index in [-0.39, 0.29) is 25.4 Å². The summed E-state index contributed by atoms with van der Waals surface area (Å²) in [6.07, 6.45) is 2.07. The van der Waals surface area contributed by atoms with Crippen molar-refractivity contribution < 1.29 is 29.4 Å². The molecule has 1 aliphatic rings. The highest BCUT2D eigenvalue weighted by molar-refractivity contribution is 5.91. The van der Waals surface area contributed by atoms with Crippen LogP contribution in [0, 0.1) is 11.8 Å². The quantitative estimate of drug-likeness (QED) is 0.292. The molecule has 2 amide bonds. The third kappa shape index (κ3) is 7.81. The number of carboxylic acid groups (broad SMARTS) is 2. The Balaban J connectivity index is 1.68. The van der Waals surface area contributed by atoms with E-state index in [1.54, 1.807) is 30.3 Å². The molecule has 1 aliphatic carbocycles. The molecule has 3 aromatic rings. The number of hydrogen-bond acceptors (Lipinski definition) is 4. The van der Waals surface area contributed by atoms with Gasteiger partial charge in [-0.05, 0) is 29.5 Å². The second kappa shape index (κ2) is 14.3. The number of hydrogen-bond donors (Lipinski definition) is 3. The first kappa shape index (κ1) is 29.5. The fourth-order valence-electron chi connectivity index (χ4n) is 5.62. The lowest BCUT2D eigenvalue weighted by Gasteiger charge is -2.33. The molecule has 3 atom stereocenters. The number of carbonyl (C=O) groups is 4. The summed E-state index contributed by atoms with van der Waals surface area (Å²) in [5.74, 6) is -4.75. The Morgan fingerprint density at radius 3 is 1.71 bits per heavy atom. The maximum Gasteiger partial charge on any atom is 0.307 e. The molecule has 3 N–H and O–H groups in total. The lowest BCUT2D eigenvalue weighted by atomic mass is 9.78. The Bertz CT molecular complexity index is 1280. The summed E-state index contributed by atoms with van der Waals surface area (Å²) in [7, 11) is 0. The van der Waals surface area contributed by atoms with Crippen LogP contribution in [0.4, 0.5) is 0 Å². The van der Waals surface area contributed by atoms with Gasteiger partial charge in [0, 0.05) is 19.0 Å². The van der Waals surface area contributed by atoms with Gasteiger partial charge < -0.3 is 20.4 Å². The molecule has 0 aromatic heterocycles. The van der Waals surface area contributed by atoms with Crippen LogP contribution in [0.5, 0.6) is 0 Å². The number of carboxylic acids is 2. The second-order valence-electron chi connectivity index (χ2n) is 10.5. The topological polar surface area (TPSA) is 124 Å². The van der Waals surface area contributed by atoms with E-state index in [0.29, 0.717) is 18.4 Å². The highest BCUT2D eigenvalue weighted by Gasteiger charge is 2.38. The van der Waals surface area contributed by atoms with Gasteiger partial charge in [-0.3, -0.25) is 19.2 Å². The van der Waals surface area contributed by atoms with Crippen molar-refractivity contribution in [3.63, 3.8) is 0 Å². The molecule has 8 heteroatoms. The van der Waals surface area contributed by atoms with E-state index in [1.807, 2.05) is 60.7 Å². The van der Waals surface area contributed by atoms with Crippen molar-refractivity contribution in [3.05, 3.63) is 108 Å². The predicted molar refractivity (Wildman–Crippen MR) is 154 cm³/mol. The van der Waals surface area contributed by atoms with Gasteiger partial charge in [0.1, 0.15) is 6.04 Å². The summed E-state index contributed by atoms with van der Waals surface area (Å²) in [6.45, 7) is 0.144. The lowest BCUT2D eigenvalue weighted by Crippen LogP contribution is -2.48. The Labute approximate surface area is 240 Å². The summed E-state index contributed by atoms with van der Waals surface area (Å²) < 4.78 is 0. The molecule has 8 nitrogen and oxygen atoms in total. The van der Waals surface area contributed by atoms with Crippen molar-refractivity contribution in [1.82, 2.24) is 10.2 Å². The summed E-state index contributed by atoms with van der Waals surface area (Å²) in [4.78, 5) is 52.8.